The Morgan fingerprint density at radius 1 is 1.50 bits per heavy atom. The van der Waals surface area contributed by atoms with Crippen molar-refractivity contribution in [1.29, 1.82) is 0 Å². The van der Waals surface area contributed by atoms with Gasteiger partial charge in [0, 0.05) is 20.2 Å². The summed E-state index contributed by atoms with van der Waals surface area (Å²) < 4.78 is 0. The Kier molecular flexibility index (Phi) is 2.03. The molecule has 0 spiro atoms. The van der Waals surface area contributed by atoms with Crippen LogP contribution in [0.4, 0.5) is 0 Å². The smallest absolute Gasteiger partial charge is 0.125 e. The van der Waals surface area contributed by atoms with Crippen molar-refractivity contribution in [2.24, 2.45) is 9.98 Å². The molecule has 1 aliphatic heterocycles. The number of likely N-dealkylation sites (N-methyl/N-ethyl adjacent to an activating group) is 1. The van der Waals surface area contributed by atoms with Crippen LogP contribution in [-0.2, 0) is 0 Å². The molecule has 1 rings (SSSR count). The van der Waals surface area contributed by atoms with Gasteiger partial charge in [-0.2, -0.15) is 4.99 Å². The van der Waals surface area contributed by atoms with Crippen molar-refractivity contribution >= 4 is 12.2 Å². The van der Waals surface area contributed by atoms with Gasteiger partial charge in [0.05, 0.1) is 11.9 Å². The fraction of sp³-hybridized carbons (Fsp3) is 0.286. The topological polar surface area (TPSA) is 28.0 Å². The fourth-order valence-electron chi connectivity index (χ4n) is 0.562. The Bertz CT molecular complexity index is 229. The van der Waals surface area contributed by atoms with Gasteiger partial charge in [-0.1, -0.05) is 0 Å². The largest absolute Gasteiger partial charge is 0.376 e. The zero-order chi connectivity index (χ0) is 7.40. The number of hydrogen-bond donors (Lipinski definition) is 0. The molecule has 0 saturated carbocycles. The molecule has 0 aromatic carbocycles. The number of aliphatic imine (C=N–C) groups is 2. The van der Waals surface area contributed by atoms with Crippen molar-refractivity contribution in [3.05, 3.63) is 18.0 Å². The molecule has 0 saturated heterocycles. The van der Waals surface area contributed by atoms with Crippen LogP contribution in [0.2, 0.25) is 0 Å². The molecule has 0 N–H and O–H groups in total. The van der Waals surface area contributed by atoms with Gasteiger partial charge >= 0.3 is 0 Å². The molecule has 3 heteroatoms. The first kappa shape index (κ1) is 6.78. The van der Waals surface area contributed by atoms with Gasteiger partial charge in [-0.15, -0.1) is 0 Å². The minimum Gasteiger partial charge on any atom is -0.376 e. The molecule has 0 bridgehead atoms. The van der Waals surface area contributed by atoms with Crippen LogP contribution in [0.25, 0.3) is 0 Å². The first-order valence-electron chi connectivity index (χ1n) is 2.98. The molecular weight excluding hydrogens is 126 g/mol. The summed E-state index contributed by atoms with van der Waals surface area (Å²) in [5, 5.41) is 0. The summed E-state index contributed by atoms with van der Waals surface area (Å²) >= 11 is 0. The van der Waals surface area contributed by atoms with Crippen LogP contribution >= 0.6 is 0 Å². The normalized spacial score (nSPS) is 14.8. The number of nitrogens with zero attached hydrogens (tertiary/aromatic N) is 3. The number of rotatable bonds is 1. The SMILES string of the molecule is CN(C)C1=CN=CN=C=C1. The standard InChI is InChI=1S/C7H9N3/c1-10(2)7-3-4-8-6-9-5-7/h3,5-6H,1-2H3. The Morgan fingerprint density at radius 2 is 2.30 bits per heavy atom. The van der Waals surface area contributed by atoms with Gasteiger partial charge in [0.1, 0.15) is 6.34 Å². The number of hydrogen-bond acceptors (Lipinski definition) is 3. The van der Waals surface area contributed by atoms with Crippen LogP contribution < -0.4 is 0 Å². The molecule has 0 amide bonds. The predicted octanol–water partition coefficient (Wildman–Crippen LogP) is 0.657. The van der Waals surface area contributed by atoms with Crippen molar-refractivity contribution in [3.63, 3.8) is 0 Å². The monoisotopic (exact) mass is 135 g/mol. The molecule has 0 aromatic heterocycles. The highest BCUT2D eigenvalue weighted by atomic mass is 15.1. The summed E-state index contributed by atoms with van der Waals surface area (Å²) in [7, 11) is 3.90. The first-order chi connectivity index (χ1) is 4.80. The molecule has 0 unspecified atom stereocenters. The van der Waals surface area contributed by atoms with E-state index in [1.54, 1.807) is 12.3 Å². The summed E-state index contributed by atoms with van der Waals surface area (Å²) in [6, 6.07) is 0. The third-order valence-corrected chi connectivity index (χ3v) is 1.13. The van der Waals surface area contributed by atoms with E-state index >= 15 is 0 Å². The molecule has 3 nitrogen and oxygen atoms in total. The minimum absolute atomic E-state index is 0.998. The van der Waals surface area contributed by atoms with Gasteiger partial charge < -0.3 is 4.90 Å². The van der Waals surface area contributed by atoms with Crippen LogP contribution in [0.3, 0.4) is 0 Å². The highest BCUT2D eigenvalue weighted by Crippen LogP contribution is 1.99. The zero-order valence-corrected chi connectivity index (χ0v) is 6.07. The lowest BCUT2D eigenvalue weighted by atomic mass is 10.4. The van der Waals surface area contributed by atoms with Crippen LogP contribution in [0.1, 0.15) is 0 Å². The average molecular weight is 135 g/mol. The average Bonchev–Trinajstić information content (AvgIpc) is 2.12. The molecule has 1 heterocycles. The molecular formula is C7H9N3. The van der Waals surface area contributed by atoms with Gasteiger partial charge in [0.25, 0.3) is 0 Å². The molecule has 52 valence electrons. The molecule has 1 aliphatic rings. The van der Waals surface area contributed by atoms with E-state index in [1.807, 2.05) is 19.0 Å². The maximum absolute atomic E-state index is 3.88. The second kappa shape index (κ2) is 2.99. The number of allylic oxidation sites excluding steroid dienone is 1. The Balaban J connectivity index is 2.86. The summed E-state index contributed by atoms with van der Waals surface area (Å²) in [6.45, 7) is 0. The van der Waals surface area contributed by atoms with E-state index < -0.39 is 0 Å². The lowest BCUT2D eigenvalue weighted by Crippen LogP contribution is -2.08. The maximum atomic E-state index is 3.88. The molecule has 0 atom stereocenters. The van der Waals surface area contributed by atoms with Crippen molar-refractivity contribution in [1.82, 2.24) is 4.90 Å². The lowest BCUT2D eigenvalue weighted by Gasteiger charge is -2.09. The van der Waals surface area contributed by atoms with Crippen molar-refractivity contribution in [2.75, 3.05) is 14.1 Å². The van der Waals surface area contributed by atoms with Gasteiger partial charge in [0.15, 0.2) is 0 Å². The van der Waals surface area contributed by atoms with Crippen LogP contribution in [0.5, 0.6) is 0 Å². The summed E-state index contributed by atoms with van der Waals surface area (Å²) in [4.78, 5) is 9.56. The van der Waals surface area contributed by atoms with Gasteiger partial charge in [-0.25, -0.2) is 4.99 Å². The van der Waals surface area contributed by atoms with Crippen molar-refractivity contribution in [2.45, 2.75) is 0 Å². The second-order valence-corrected chi connectivity index (χ2v) is 2.12. The van der Waals surface area contributed by atoms with E-state index in [0.29, 0.717) is 0 Å². The highest BCUT2D eigenvalue weighted by Gasteiger charge is 1.92. The predicted molar refractivity (Wildman–Crippen MR) is 42.3 cm³/mol. The van der Waals surface area contributed by atoms with E-state index in [0.717, 1.165) is 5.70 Å². The summed E-state index contributed by atoms with van der Waals surface area (Å²) in [5.41, 5.74) is 0.998. The van der Waals surface area contributed by atoms with Crippen LogP contribution in [0.15, 0.2) is 28.0 Å². The van der Waals surface area contributed by atoms with E-state index in [9.17, 15) is 0 Å². The van der Waals surface area contributed by atoms with E-state index in [2.05, 4.69) is 15.9 Å². The van der Waals surface area contributed by atoms with Gasteiger partial charge in [-0.3, -0.25) is 0 Å². The zero-order valence-electron chi connectivity index (χ0n) is 6.07. The molecule has 10 heavy (non-hydrogen) atoms. The maximum Gasteiger partial charge on any atom is 0.125 e. The lowest BCUT2D eigenvalue weighted by molar-refractivity contribution is 0.529. The van der Waals surface area contributed by atoms with Gasteiger partial charge in [-0.05, 0) is 5.87 Å². The summed E-state index contributed by atoms with van der Waals surface area (Å²) in [6.07, 6.45) is 4.99. The highest BCUT2D eigenvalue weighted by molar-refractivity contribution is 5.72. The Labute approximate surface area is 60.1 Å². The Hall–Kier alpha value is -1.34. The Morgan fingerprint density at radius 3 is 3.00 bits per heavy atom. The van der Waals surface area contributed by atoms with E-state index in [1.165, 1.54) is 6.34 Å². The van der Waals surface area contributed by atoms with Crippen LogP contribution in [-0.4, -0.2) is 31.2 Å². The molecule has 0 fully saturated rings. The quantitative estimate of drug-likeness (QED) is 0.519. The van der Waals surface area contributed by atoms with E-state index in [4.69, 9.17) is 0 Å². The molecule has 0 radical (unpaired) electrons. The fourth-order valence-corrected chi connectivity index (χ4v) is 0.562. The van der Waals surface area contributed by atoms with Crippen molar-refractivity contribution in [3.8, 4) is 0 Å². The third-order valence-electron chi connectivity index (χ3n) is 1.13. The van der Waals surface area contributed by atoms with Crippen molar-refractivity contribution < 1.29 is 0 Å². The molecule has 0 aliphatic carbocycles. The second-order valence-electron chi connectivity index (χ2n) is 2.12. The van der Waals surface area contributed by atoms with E-state index in [-0.39, 0.29) is 0 Å². The van der Waals surface area contributed by atoms with Gasteiger partial charge in [0.2, 0.25) is 0 Å². The minimum atomic E-state index is 0.998. The third kappa shape index (κ3) is 1.57. The first-order valence-corrected chi connectivity index (χ1v) is 2.98. The van der Waals surface area contributed by atoms with Crippen LogP contribution in [0, 0.1) is 0 Å². The summed E-state index contributed by atoms with van der Waals surface area (Å²) in [5.74, 6) is 2.72. The molecule has 0 aromatic rings.